The lowest BCUT2D eigenvalue weighted by molar-refractivity contribution is -0.166. The number of nitrogens with zero attached hydrogens (tertiary/aromatic N) is 1. The van der Waals surface area contributed by atoms with Crippen molar-refractivity contribution >= 4 is 11.8 Å². The third-order valence-corrected chi connectivity index (χ3v) is 8.57. The van der Waals surface area contributed by atoms with Gasteiger partial charge in [-0.25, -0.2) is 0 Å². The Kier molecular flexibility index (Phi) is 10.1. The first kappa shape index (κ1) is 31.0. The molecule has 0 spiro atoms. The molecule has 0 aromatic heterocycles. The Labute approximate surface area is 242 Å². The van der Waals surface area contributed by atoms with Crippen LogP contribution in [0.1, 0.15) is 80.0 Å². The first-order valence-electron chi connectivity index (χ1n) is 14.6. The van der Waals surface area contributed by atoms with E-state index in [4.69, 9.17) is 14.2 Å². The van der Waals surface area contributed by atoms with E-state index >= 15 is 0 Å². The zero-order valence-corrected chi connectivity index (χ0v) is 24.8. The molecule has 2 aromatic rings. The number of methoxy groups -OCH3 is 1. The molecular formula is C32H44N2O7. The van der Waals surface area contributed by atoms with E-state index in [1.807, 2.05) is 37.8 Å². The van der Waals surface area contributed by atoms with Gasteiger partial charge in [-0.1, -0.05) is 24.3 Å². The van der Waals surface area contributed by atoms with Gasteiger partial charge in [0.1, 0.15) is 22.6 Å². The Morgan fingerprint density at radius 2 is 1.63 bits per heavy atom. The summed E-state index contributed by atoms with van der Waals surface area (Å²) in [5.74, 6) is 0.126. The molecule has 2 aliphatic carbocycles. The van der Waals surface area contributed by atoms with Gasteiger partial charge in [-0.3, -0.25) is 19.8 Å². The van der Waals surface area contributed by atoms with Crippen LogP contribution >= 0.6 is 0 Å². The average molecular weight is 569 g/mol. The minimum atomic E-state index is -1.27. The standard InChI is InChI=1S/C32H44N2O7/c1-6-40-27-16-25(17-28(41-7-2)29(27)21(4)35)20(3)34(13-12-22-14-23-10-8-9-11-24(23)15-22)31(38)33-32(30(36)37)18-26(19-32)39-5/h8-11,16-17,20,22,26,31,33,38H,6-7,12-15,18-19H2,1-5H3,(H,36,37)/t20-,26-,31?,32-/m1/s1. The summed E-state index contributed by atoms with van der Waals surface area (Å²) in [5.41, 5.74) is 2.65. The van der Waals surface area contributed by atoms with Crippen LogP contribution in [-0.4, -0.2) is 71.7 Å². The quantitative estimate of drug-likeness (QED) is 0.213. The van der Waals surface area contributed by atoms with Crippen LogP contribution in [0.2, 0.25) is 0 Å². The summed E-state index contributed by atoms with van der Waals surface area (Å²) in [4.78, 5) is 26.7. The van der Waals surface area contributed by atoms with Gasteiger partial charge in [-0.2, -0.15) is 0 Å². The lowest BCUT2D eigenvalue weighted by Gasteiger charge is -2.47. The summed E-state index contributed by atoms with van der Waals surface area (Å²) in [6.07, 6.45) is 1.91. The number of rotatable bonds is 15. The maximum absolute atomic E-state index is 12.5. The SMILES string of the molecule is CCOc1cc([C@@H](C)N(CCC2Cc3ccccc3C2)C(O)N[C@]2(C(=O)O)C[C@@H](OC)C2)cc(OCC)c1C(C)=O. The molecule has 1 unspecified atom stereocenters. The lowest BCUT2D eigenvalue weighted by atomic mass is 9.74. The fourth-order valence-electron chi connectivity index (χ4n) is 6.21. The number of carboxylic acids is 1. The van der Waals surface area contributed by atoms with Crippen LogP contribution in [-0.2, 0) is 22.4 Å². The van der Waals surface area contributed by atoms with E-state index in [1.54, 1.807) is 7.11 Å². The number of hydrogen-bond donors (Lipinski definition) is 3. The number of carboxylic acid groups (broad SMARTS) is 1. The van der Waals surface area contributed by atoms with E-state index in [2.05, 4.69) is 29.6 Å². The highest BCUT2D eigenvalue weighted by Gasteiger charge is 2.52. The zero-order valence-electron chi connectivity index (χ0n) is 24.8. The van der Waals surface area contributed by atoms with Crippen LogP contribution in [0.15, 0.2) is 36.4 Å². The number of aliphatic hydroxyl groups excluding tert-OH is 1. The van der Waals surface area contributed by atoms with Gasteiger partial charge in [0.15, 0.2) is 12.1 Å². The first-order valence-corrected chi connectivity index (χ1v) is 14.6. The van der Waals surface area contributed by atoms with Gasteiger partial charge >= 0.3 is 5.97 Å². The Bertz CT molecular complexity index is 1170. The highest BCUT2D eigenvalue weighted by molar-refractivity contribution is 5.99. The van der Waals surface area contributed by atoms with Gasteiger partial charge in [0.05, 0.1) is 19.3 Å². The largest absolute Gasteiger partial charge is 0.493 e. The Hall–Kier alpha value is -2.98. The number of aliphatic carboxylic acids is 1. The van der Waals surface area contributed by atoms with Crippen molar-refractivity contribution in [2.24, 2.45) is 5.92 Å². The molecule has 2 aromatic carbocycles. The minimum Gasteiger partial charge on any atom is -0.493 e. The van der Waals surface area contributed by atoms with Crippen molar-refractivity contribution in [3.8, 4) is 11.5 Å². The third kappa shape index (κ3) is 6.75. The van der Waals surface area contributed by atoms with Crippen molar-refractivity contribution in [3.63, 3.8) is 0 Å². The summed E-state index contributed by atoms with van der Waals surface area (Å²) in [6.45, 7) is 8.45. The van der Waals surface area contributed by atoms with Crippen LogP contribution < -0.4 is 14.8 Å². The van der Waals surface area contributed by atoms with Crippen LogP contribution in [0.3, 0.4) is 0 Å². The Balaban J connectivity index is 1.63. The fourth-order valence-corrected chi connectivity index (χ4v) is 6.21. The van der Waals surface area contributed by atoms with Crippen molar-refractivity contribution in [3.05, 3.63) is 58.7 Å². The molecule has 3 N–H and O–H groups in total. The topological polar surface area (TPSA) is 118 Å². The third-order valence-electron chi connectivity index (χ3n) is 8.57. The highest BCUT2D eigenvalue weighted by Crippen LogP contribution is 2.39. The molecule has 224 valence electrons. The van der Waals surface area contributed by atoms with E-state index < -0.39 is 17.9 Å². The molecule has 9 nitrogen and oxygen atoms in total. The smallest absolute Gasteiger partial charge is 0.324 e. The molecule has 0 amide bonds. The van der Waals surface area contributed by atoms with Crippen LogP contribution in [0.4, 0.5) is 0 Å². The van der Waals surface area contributed by atoms with E-state index in [1.165, 1.54) is 18.1 Å². The van der Waals surface area contributed by atoms with Crippen molar-refractivity contribution in [2.45, 2.75) is 83.8 Å². The molecule has 1 fully saturated rings. The molecular weight excluding hydrogens is 524 g/mol. The number of ketones is 1. The molecule has 4 rings (SSSR count). The normalized spacial score (nSPS) is 21.7. The fraction of sp³-hybridized carbons (Fsp3) is 0.562. The predicted molar refractivity (Wildman–Crippen MR) is 155 cm³/mol. The molecule has 9 heteroatoms. The molecule has 0 radical (unpaired) electrons. The number of benzene rings is 2. The number of carbonyl (C=O) groups excluding carboxylic acids is 1. The number of carbonyl (C=O) groups is 2. The van der Waals surface area contributed by atoms with Crippen LogP contribution in [0, 0.1) is 5.92 Å². The highest BCUT2D eigenvalue weighted by atomic mass is 16.5. The molecule has 41 heavy (non-hydrogen) atoms. The van der Waals surface area contributed by atoms with Crippen molar-refractivity contribution in [2.75, 3.05) is 26.9 Å². The van der Waals surface area contributed by atoms with Gasteiger partial charge in [-0.15, -0.1) is 0 Å². The van der Waals surface area contributed by atoms with E-state index in [-0.39, 0.29) is 30.8 Å². The molecule has 2 aliphatic rings. The van der Waals surface area contributed by atoms with Crippen LogP contribution in [0.5, 0.6) is 11.5 Å². The van der Waals surface area contributed by atoms with Crippen molar-refractivity contribution in [1.29, 1.82) is 0 Å². The van der Waals surface area contributed by atoms with E-state index in [0.717, 1.165) is 24.8 Å². The predicted octanol–water partition coefficient (Wildman–Crippen LogP) is 4.35. The Morgan fingerprint density at radius 3 is 2.10 bits per heavy atom. The van der Waals surface area contributed by atoms with Crippen LogP contribution in [0.25, 0.3) is 0 Å². The molecule has 0 saturated heterocycles. The second-order valence-corrected chi connectivity index (χ2v) is 11.2. The molecule has 0 heterocycles. The van der Waals surface area contributed by atoms with E-state index in [9.17, 15) is 19.8 Å². The minimum absolute atomic E-state index is 0.156. The van der Waals surface area contributed by atoms with Gasteiger partial charge in [0, 0.05) is 32.5 Å². The number of ether oxygens (including phenoxy) is 3. The van der Waals surface area contributed by atoms with Gasteiger partial charge in [-0.05, 0) is 81.7 Å². The first-order chi connectivity index (χ1) is 19.6. The van der Waals surface area contributed by atoms with Gasteiger partial charge < -0.3 is 24.4 Å². The lowest BCUT2D eigenvalue weighted by Crippen LogP contribution is -2.68. The van der Waals surface area contributed by atoms with Gasteiger partial charge in [0.2, 0.25) is 0 Å². The maximum atomic E-state index is 12.5. The number of nitrogens with one attached hydrogen (secondary N) is 1. The van der Waals surface area contributed by atoms with E-state index in [0.29, 0.717) is 42.7 Å². The van der Waals surface area contributed by atoms with Crippen molar-refractivity contribution in [1.82, 2.24) is 10.2 Å². The molecule has 0 aliphatic heterocycles. The number of Topliss-reactive ketones (excluding diaryl/α,β-unsaturated/α-hetero) is 1. The molecule has 0 bridgehead atoms. The average Bonchev–Trinajstić information content (AvgIpc) is 3.33. The molecule has 1 saturated carbocycles. The number of fused-ring (bicyclic) bond motifs is 1. The van der Waals surface area contributed by atoms with Crippen molar-refractivity contribution < 1.29 is 34.0 Å². The summed E-state index contributed by atoms with van der Waals surface area (Å²) >= 11 is 0. The summed E-state index contributed by atoms with van der Waals surface area (Å²) in [7, 11) is 1.57. The molecule has 2 atom stereocenters. The number of aliphatic hydroxyl groups is 1. The summed E-state index contributed by atoms with van der Waals surface area (Å²) in [6, 6.07) is 11.8. The maximum Gasteiger partial charge on any atom is 0.324 e. The summed E-state index contributed by atoms with van der Waals surface area (Å²) < 4.78 is 17.1. The second kappa shape index (κ2) is 13.3. The Morgan fingerprint density at radius 1 is 1.07 bits per heavy atom. The zero-order chi connectivity index (χ0) is 29.7. The number of hydrogen-bond acceptors (Lipinski definition) is 8. The second-order valence-electron chi connectivity index (χ2n) is 11.2. The summed E-state index contributed by atoms with van der Waals surface area (Å²) in [5, 5.41) is 24.7. The van der Waals surface area contributed by atoms with Gasteiger partial charge in [0.25, 0.3) is 0 Å². The monoisotopic (exact) mass is 568 g/mol.